The van der Waals surface area contributed by atoms with E-state index < -0.39 is 0 Å². The van der Waals surface area contributed by atoms with Crippen LogP contribution in [0.1, 0.15) is 11.3 Å². The summed E-state index contributed by atoms with van der Waals surface area (Å²) in [7, 11) is 0. The first-order valence-electron chi connectivity index (χ1n) is 8.46. The SMILES string of the molecule is Cc1ccnc(CSC2N=c3ccccc3=C(O)N2c2ccccc2)c1. The summed E-state index contributed by atoms with van der Waals surface area (Å²) >= 11 is 1.65. The molecule has 1 aromatic heterocycles. The van der Waals surface area contributed by atoms with Crippen molar-refractivity contribution in [2.75, 3.05) is 4.90 Å². The van der Waals surface area contributed by atoms with Crippen LogP contribution in [0.4, 0.5) is 5.69 Å². The number of pyridine rings is 1. The van der Waals surface area contributed by atoms with Crippen LogP contribution in [0.15, 0.2) is 77.9 Å². The fraction of sp³-hybridized carbons (Fsp3) is 0.143. The van der Waals surface area contributed by atoms with Crippen LogP contribution in [0.5, 0.6) is 0 Å². The second kappa shape index (κ2) is 7.22. The number of aliphatic hydroxyl groups excluding tert-OH is 1. The molecule has 0 fully saturated rings. The van der Waals surface area contributed by atoms with Gasteiger partial charge in [-0.2, -0.15) is 0 Å². The monoisotopic (exact) mass is 361 g/mol. The molecule has 1 unspecified atom stereocenters. The van der Waals surface area contributed by atoms with Gasteiger partial charge in [0.05, 0.1) is 16.3 Å². The highest BCUT2D eigenvalue weighted by molar-refractivity contribution is 7.99. The van der Waals surface area contributed by atoms with Crippen LogP contribution in [0.3, 0.4) is 0 Å². The van der Waals surface area contributed by atoms with Crippen LogP contribution in [0.25, 0.3) is 5.88 Å². The number of thioether (sulfide) groups is 1. The predicted molar refractivity (Wildman–Crippen MR) is 106 cm³/mol. The molecule has 0 saturated heterocycles. The standard InChI is InChI=1S/C21H19N3OS/c1-15-11-12-22-16(13-15)14-26-21-23-19-10-6-5-9-18(19)20(25)24(21)17-7-3-2-4-8-17/h2-13,21,25H,14H2,1H3. The van der Waals surface area contributed by atoms with E-state index in [0.717, 1.165) is 22.0 Å². The first kappa shape index (κ1) is 16.7. The minimum atomic E-state index is -0.255. The number of rotatable bonds is 4. The third kappa shape index (κ3) is 3.30. The van der Waals surface area contributed by atoms with Gasteiger partial charge >= 0.3 is 0 Å². The van der Waals surface area contributed by atoms with E-state index in [0.29, 0.717) is 5.75 Å². The summed E-state index contributed by atoms with van der Waals surface area (Å²) in [5.41, 5.74) is 2.86. The van der Waals surface area contributed by atoms with Crippen LogP contribution >= 0.6 is 11.8 Å². The summed E-state index contributed by atoms with van der Waals surface area (Å²) in [6.07, 6.45) is 1.83. The predicted octanol–water partition coefficient (Wildman–Crippen LogP) is 3.37. The zero-order valence-electron chi connectivity index (χ0n) is 14.4. The normalized spacial score (nSPS) is 16.1. The van der Waals surface area contributed by atoms with E-state index in [1.807, 2.05) is 71.8 Å². The van der Waals surface area contributed by atoms with Gasteiger partial charge in [0.15, 0.2) is 5.50 Å². The Morgan fingerprint density at radius 3 is 2.62 bits per heavy atom. The number of fused-ring (bicyclic) bond motifs is 1. The molecule has 0 saturated carbocycles. The van der Waals surface area contributed by atoms with Gasteiger partial charge in [-0.1, -0.05) is 30.3 Å². The van der Waals surface area contributed by atoms with Crippen molar-refractivity contribution in [3.8, 4) is 0 Å². The molecule has 2 aromatic carbocycles. The van der Waals surface area contributed by atoms with Gasteiger partial charge in [-0.25, -0.2) is 4.99 Å². The van der Waals surface area contributed by atoms with Crippen molar-refractivity contribution in [2.24, 2.45) is 4.99 Å². The number of hydrogen-bond acceptors (Lipinski definition) is 5. The van der Waals surface area contributed by atoms with Crippen LogP contribution < -0.4 is 15.5 Å². The van der Waals surface area contributed by atoms with Gasteiger partial charge < -0.3 is 5.11 Å². The van der Waals surface area contributed by atoms with Crippen LogP contribution in [-0.4, -0.2) is 15.6 Å². The number of hydrogen-bond donors (Lipinski definition) is 1. The molecule has 0 bridgehead atoms. The maximum atomic E-state index is 10.9. The minimum Gasteiger partial charge on any atom is -0.494 e. The number of para-hydroxylation sites is 2. The summed E-state index contributed by atoms with van der Waals surface area (Å²) in [5, 5.41) is 12.5. The molecule has 2 heterocycles. The van der Waals surface area contributed by atoms with E-state index >= 15 is 0 Å². The zero-order valence-corrected chi connectivity index (χ0v) is 15.2. The molecule has 26 heavy (non-hydrogen) atoms. The van der Waals surface area contributed by atoms with Gasteiger partial charge in [0.25, 0.3) is 0 Å². The van der Waals surface area contributed by atoms with E-state index in [9.17, 15) is 5.11 Å². The third-order valence-corrected chi connectivity index (χ3v) is 5.31. The highest BCUT2D eigenvalue weighted by atomic mass is 32.2. The minimum absolute atomic E-state index is 0.233. The lowest BCUT2D eigenvalue weighted by molar-refractivity contribution is 0.470. The molecule has 1 aliphatic rings. The second-order valence-electron chi connectivity index (χ2n) is 6.14. The first-order valence-corrected chi connectivity index (χ1v) is 9.51. The Kier molecular flexibility index (Phi) is 4.63. The molecule has 1 aliphatic heterocycles. The Balaban J connectivity index is 1.72. The van der Waals surface area contributed by atoms with E-state index in [1.165, 1.54) is 5.56 Å². The fourth-order valence-corrected chi connectivity index (χ4v) is 4.01. The summed E-state index contributed by atoms with van der Waals surface area (Å²) in [6.45, 7) is 2.06. The molecule has 3 aromatic rings. The van der Waals surface area contributed by atoms with Crippen molar-refractivity contribution >= 4 is 23.3 Å². The van der Waals surface area contributed by atoms with Gasteiger partial charge in [0.1, 0.15) is 0 Å². The molecule has 1 N–H and O–H groups in total. The molecule has 0 aliphatic carbocycles. The van der Waals surface area contributed by atoms with E-state index in [2.05, 4.69) is 18.0 Å². The fourth-order valence-electron chi connectivity index (χ4n) is 2.97. The number of nitrogens with zero attached hydrogens (tertiary/aromatic N) is 3. The maximum Gasteiger partial charge on any atom is 0.203 e. The average molecular weight is 361 g/mol. The Bertz CT molecular complexity index is 1040. The Morgan fingerprint density at radius 1 is 1.04 bits per heavy atom. The molecule has 0 spiro atoms. The van der Waals surface area contributed by atoms with E-state index in [4.69, 9.17) is 4.99 Å². The van der Waals surface area contributed by atoms with Crippen LogP contribution in [0, 0.1) is 6.92 Å². The lowest BCUT2D eigenvalue weighted by atomic mass is 10.2. The lowest BCUT2D eigenvalue weighted by Gasteiger charge is -2.31. The Labute approximate surface area is 156 Å². The molecule has 130 valence electrons. The van der Waals surface area contributed by atoms with Gasteiger partial charge in [0.2, 0.25) is 5.88 Å². The molecule has 4 nitrogen and oxygen atoms in total. The number of anilines is 1. The number of aromatic nitrogens is 1. The second-order valence-corrected chi connectivity index (χ2v) is 7.18. The van der Waals surface area contributed by atoms with Gasteiger partial charge in [0, 0.05) is 17.6 Å². The molecular weight excluding hydrogens is 342 g/mol. The number of aliphatic hydroxyl groups is 1. The first-order chi connectivity index (χ1) is 12.7. The van der Waals surface area contributed by atoms with Crippen molar-refractivity contribution in [1.29, 1.82) is 0 Å². The largest absolute Gasteiger partial charge is 0.494 e. The number of aryl methyl sites for hydroxylation is 1. The molecule has 0 amide bonds. The maximum absolute atomic E-state index is 10.9. The van der Waals surface area contributed by atoms with Crippen LogP contribution in [0.2, 0.25) is 0 Å². The number of benzene rings is 2. The zero-order chi connectivity index (χ0) is 17.9. The Hall–Kier alpha value is -2.79. The highest BCUT2D eigenvalue weighted by Gasteiger charge is 2.26. The van der Waals surface area contributed by atoms with Crippen molar-refractivity contribution < 1.29 is 5.11 Å². The highest BCUT2D eigenvalue weighted by Crippen LogP contribution is 2.30. The molecule has 0 radical (unpaired) electrons. The van der Waals surface area contributed by atoms with Crippen molar-refractivity contribution in [3.05, 3.63) is 94.8 Å². The van der Waals surface area contributed by atoms with Crippen LogP contribution in [-0.2, 0) is 5.75 Å². The van der Waals surface area contributed by atoms with Gasteiger partial charge in [-0.05, 0) is 48.9 Å². The summed E-state index contributed by atoms with van der Waals surface area (Å²) in [5.74, 6) is 0.950. The molecule has 1 atom stereocenters. The summed E-state index contributed by atoms with van der Waals surface area (Å²) in [6, 6.07) is 21.6. The van der Waals surface area contributed by atoms with Crippen molar-refractivity contribution in [3.63, 3.8) is 0 Å². The topological polar surface area (TPSA) is 48.7 Å². The lowest BCUT2D eigenvalue weighted by Crippen LogP contribution is -2.44. The molecular formula is C21H19N3OS. The molecule has 4 rings (SSSR count). The van der Waals surface area contributed by atoms with Crippen molar-refractivity contribution in [1.82, 2.24) is 4.98 Å². The quantitative estimate of drug-likeness (QED) is 0.774. The van der Waals surface area contributed by atoms with Crippen molar-refractivity contribution in [2.45, 2.75) is 18.2 Å². The van der Waals surface area contributed by atoms with E-state index in [1.54, 1.807) is 11.8 Å². The third-order valence-electron chi connectivity index (χ3n) is 4.23. The van der Waals surface area contributed by atoms with Gasteiger partial charge in [-0.3, -0.25) is 9.88 Å². The van der Waals surface area contributed by atoms with Gasteiger partial charge in [-0.15, -0.1) is 11.8 Å². The van der Waals surface area contributed by atoms with E-state index in [-0.39, 0.29) is 11.4 Å². The smallest absolute Gasteiger partial charge is 0.203 e. The summed E-state index contributed by atoms with van der Waals surface area (Å²) in [4.78, 5) is 11.2. The summed E-state index contributed by atoms with van der Waals surface area (Å²) < 4.78 is 0. The average Bonchev–Trinajstić information content (AvgIpc) is 2.67. The Morgan fingerprint density at radius 2 is 1.81 bits per heavy atom. The molecule has 5 heteroatoms.